The van der Waals surface area contributed by atoms with Gasteiger partial charge in [-0.25, -0.2) is 8.42 Å². The molecule has 0 radical (unpaired) electrons. The van der Waals surface area contributed by atoms with Gasteiger partial charge in [-0.1, -0.05) is 59.6 Å². The van der Waals surface area contributed by atoms with Crippen LogP contribution in [0.4, 0.5) is 24.5 Å². The van der Waals surface area contributed by atoms with E-state index in [0.717, 1.165) is 17.7 Å². The van der Waals surface area contributed by atoms with Crippen molar-refractivity contribution >= 4 is 38.9 Å². The van der Waals surface area contributed by atoms with Crippen LogP contribution in [0.15, 0.2) is 102 Å². The lowest BCUT2D eigenvalue weighted by atomic mass is 10.1. The Kier molecular flexibility index (Phi) is 8.71. The lowest BCUT2D eigenvalue weighted by Crippen LogP contribution is -2.49. The van der Waals surface area contributed by atoms with E-state index >= 15 is 0 Å². The molecule has 0 spiro atoms. The number of carbonyl (C=O) groups excluding carboxylic acids is 1. The Morgan fingerprint density at radius 2 is 1.51 bits per heavy atom. The molecule has 0 aromatic heterocycles. The Labute approximate surface area is 254 Å². The fraction of sp³-hybridized carbons (Fsp3) is 0.219. The molecule has 0 atom stereocenters. The number of hydrogen-bond donors (Lipinski definition) is 0. The number of carbonyl (C=O) groups is 1. The van der Waals surface area contributed by atoms with Crippen LogP contribution in [0.2, 0.25) is 5.02 Å². The summed E-state index contributed by atoms with van der Waals surface area (Å²) in [5, 5.41) is 0.511. The Morgan fingerprint density at radius 1 is 0.860 bits per heavy atom. The van der Waals surface area contributed by atoms with Crippen molar-refractivity contribution < 1.29 is 26.4 Å². The molecule has 6 nitrogen and oxygen atoms in total. The van der Waals surface area contributed by atoms with Crippen molar-refractivity contribution in [1.82, 2.24) is 4.90 Å². The van der Waals surface area contributed by atoms with E-state index in [1.54, 1.807) is 76.5 Å². The van der Waals surface area contributed by atoms with Crippen LogP contribution >= 0.6 is 11.6 Å². The van der Waals surface area contributed by atoms with Crippen LogP contribution in [0, 0.1) is 6.92 Å². The number of amides is 1. The maximum absolute atomic E-state index is 14.1. The van der Waals surface area contributed by atoms with Gasteiger partial charge in [0.1, 0.15) is 0 Å². The van der Waals surface area contributed by atoms with Gasteiger partial charge in [0, 0.05) is 36.9 Å². The first-order valence-electron chi connectivity index (χ1n) is 13.6. The van der Waals surface area contributed by atoms with Gasteiger partial charge >= 0.3 is 6.18 Å². The molecule has 1 amide bonds. The monoisotopic (exact) mass is 627 g/mol. The molecule has 1 heterocycles. The zero-order valence-corrected chi connectivity index (χ0v) is 24.8. The minimum Gasteiger partial charge on any atom is -0.368 e. The van der Waals surface area contributed by atoms with Crippen LogP contribution in [-0.4, -0.2) is 45.4 Å². The maximum atomic E-state index is 14.1. The molecule has 0 aliphatic carbocycles. The number of nitrogens with zero attached hydrogens (tertiary/aromatic N) is 3. The number of para-hydroxylation sites is 1. The zero-order chi connectivity index (χ0) is 30.8. The SMILES string of the molecule is Cc1ccc(S(=O)(=O)N(Cc2ccc(Cl)cc2)c2ccccc2C(=O)N2CCN(c3cccc(C(F)(F)F)c3)CC2)cc1. The van der Waals surface area contributed by atoms with Crippen molar-refractivity contribution in [3.05, 3.63) is 124 Å². The number of piperazine rings is 1. The van der Waals surface area contributed by atoms with Crippen molar-refractivity contribution in [1.29, 1.82) is 0 Å². The molecule has 1 fully saturated rings. The number of benzene rings is 4. The molecule has 1 aliphatic rings. The van der Waals surface area contributed by atoms with Gasteiger partial charge in [-0.05, 0) is 67.1 Å². The van der Waals surface area contributed by atoms with Gasteiger partial charge in [-0.15, -0.1) is 0 Å². The Morgan fingerprint density at radius 3 is 2.16 bits per heavy atom. The van der Waals surface area contributed by atoms with Crippen molar-refractivity contribution in [3.63, 3.8) is 0 Å². The van der Waals surface area contributed by atoms with Gasteiger partial charge in [-0.3, -0.25) is 9.10 Å². The second-order valence-corrected chi connectivity index (χ2v) is 12.6. The number of sulfonamides is 1. The molecule has 0 saturated carbocycles. The lowest BCUT2D eigenvalue weighted by Gasteiger charge is -2.37. The van der Waals surface area contributed by atoms with E-state index < -0.39 is 21.8 Å². The molecule has 11 heteroatoms. The van der Waals surface area contributed by atoms with E-state index in [2.05, 4.69) is 0 Å². The molecule has 0 bridgehead atoms. The third-order valence-corrected chi connectivity index (χ3v) is 9.38. The van der Waals surface area contributed by atoms with Gasteiger partial charge in [0.2, 0.25) is 0 Å². The minimum absolute atomic E-state index is 0.0407. The number of halogens is 4. The summed E-state index contributed by atoms with van der Waals surface area (Å²) in [5.41, 5.74) is 1.72. The first-order chi connectivity index (χ1) is 20.4. The highest BCUT2D eigenvalue weighted by atomic mass is 35.5. The van der Waals surface area contributed by atoms with Crippen LogP contribution in [0.25, 0.3) is 0 Å². The average molecular weight is 628 g/mol. The molecule has 5 rings (SSSR count). The third kappa shape index (κ3) is 6.81. The molecule has 43 heavy (non-hydrogen) atoms. The highest BCUT2D eigenvalue weighted by molar-refractivity contribution is 7.92. The predicted octanol–water partition coefficient (Wildman–Crippen LogP) is 7.03. The molecule has 0 unspecified atom stereocenters. The van der Waals surface area contributed by atoms with E-state index in [4.69, 9.17) is 11.6 Å². The summed E-state index contributed by atoms with van der Waals surface area (Å²) in [5.74, 6) is -0.362. The van der Waals surface area contributed by atoms with E-state index in [1.807, 2.05) is 6.92 Å². The Balaban J connectivity index is 1.44. The minimum atomic E-state index is -4.45. The summed E-state index contributed by atoms with van der Waals surface area (Å²) >= 11 is 6.06. The van der Waals surface area contributed by atoms with E-state index in [9.17, 15) is 26.4 Å². The first kappa shape index (κ1) is 30.4. The average Bonchev–Trinajstić information content (AvgIpc) is 3.00. The predicted molar refractivity (Wildman–Crippen MR) is 162 cm³/mol. The quantitative estimate of drug-likeness (QED) is 0.221. The van der Waals surface area contributed by atoms with Crippen LogP contribution in [-0.2, 0) is 22.7 Å². The van der Waals surface area contributed by atoms with Crippen LogP contribution in [0.5, 0.6) is 0 Å². The number of rotatable bonds is 7. The molecule has 1 saturated heterocycles. The molecule has 4 aromatic carbocycles. The lowest BCUT2D eigenvalue weighted by molar-refractivity contribution is -0.137. The highest BCUT2D eigenvalue weighted by Crippen LogP contribution is 2.33. The molecule has 0 N–H and O–H groups in total. The fourth-order valence-electron chi connectivity index (χ4n) is 4.98. The van der Waals surface area contributed by atoms with Gasteiger partial charge < -0.3 is 9.80 Å². The third-order valence-electron chi connectivity index (χ3n) is 7.36. The molecule has 1 aliphatic heterocycles. The number of anilines is 2. The highest BCUT2D eigenvalue weighted by Gasteiger charge is 2.33. The van der Waals surface area contributed by atoms with Crippen LogP contribution in [0.3, 0.4) is 0 Å². The normalized spacial score (nSPS) is 14.1. The number of alkyl halides is 3. The summed E-state index contributed by atoms with van der Waals surface area (Å²) in [7, 11) is -4.10. The topological polar surface area (TPSA) is 60.9 Å². The fourth-order valence-corrected chi connectivity index (χ4v) is 6.58. The maximum Gasteiger partial charge on any atom is 0.416 e. The standard InChI is InChI=1S/C32H29ClF3N3O3S/c1-23-9-15-28(16-10-23)43(41,42)39(22-24-11-13-26(33)14-12-24)30-8-3-2-7-29(30)31(40)38-19-17-37(18-20-38)27-6-4-5-25(21-27)32(34,35)36/h2-16,21H,17-20,22H2,1H3. The first-order valence-corrected chi connectivity index (χ1v) is 15.4. The van der Waals surface area contributed by atoms with Gasteiger partial charge in [-0.2, -0.15) is 13.2 Å². The Hall–Kier alpha value is -4.02. The summed E-state index contributed by atoms with van der Waals surface area (Å²) < 4.78 is 69.0. The second kappa shape index (κ2) is 12.3. The van der Waals surface area contributed by atoms with Crippen molar-refractivity contribution in [2.45, 2.75) is 24.5 Å². The van der Waals surface area contributed by atoms with Gasteiger partial charge in [0.25, 0.3) is 15.9 Å². The van der Waals surface area contributed by atoms with E-state index in [-0.39, 0.29) is 41.7 Å². The molecule has 224 valence electrons. The van der Waals surface area contributed by atoms with Gasteiger partial charge in [0.15, 0.2) is 0 Å². The molecular weight excluding hydrogens is 599 g/mol. The van der Waals surface area contributed by atoms with Crippen molar-refractivity contribution in [3.8, 4) is 0 Å². The smallest absolute Gasteiger partial charge is 0.368 e. The number of aryl methyl sites for hydroxylation is 1. The van der Waals surface area contributed by atoms with E-state index in [1.165, 1.54) is 22.5 Å². The molecular formula is C32H29ClF3N3O3S. The van der Waals surface area contributed by atoms with Gasteiger partial charge in [0.05, 0.1) is 28.3 Å². The van der Waals surface area contributed by atoms with Crippen LogP contribution < -0.4 is 9.21 Å². The number of hydrogen-bond acceptors (Lipinski definition) is 4. The Bertz CT molecular complexity index is 1700. The largest absolute Gasteiger partial charge is 0.416 e. The summed E-state index contributed by atoms with van der Waals surface area (Å²) in [6, 6.07) is 25.0. The van der Waals surface area contributed by atoms with Crippen LogP contribution in [0.1, 0.15) is 27.0 Å². The van der Waals surface area contributed by atoms with Crippen molar-refractivity contribution in [2.75, 3.05) is 35.4 Å². The summed E-state index contributed by atoms with van der Waals surface area (Å²) in [4.78, 5) is 17.4. The zero-order valence-electron chi connectivity index (χ0n) is 23.3. The molecule has 4 aromatic rings. The summed E-state index contributed by atoms with van der Waals surface area (Å²) in [6.07, 6.45) is -4.45. The summed E-state index contributed by atoms with van der Waals surface area (Å²) in [6.45, 7) is 2.98. The second-order valence-electron chi connectivity index (χ2n) is 10.3. The van der Waals surface area contributed by atoms with E-state index in [0.29, 0.717) is 29.4 Å². The van der Waals surface area contributed by atoms with Crippen molar-refractivity contribution in [2.24, 2.45) is 0 Å².